The molecule has 0 saturated carbocycles. The van der Waals surface area contributed by atoms with Crippen molar-refractivity contribution in [3.63, 3.8) is 0 Å². The second-order valence-corrected chi connectivity index (χ2v) is 6.55. The minimum absolute atomic E-state index is 0.144. The van der Waals surface area contributed by atoms with Gasteiger partial charge in [-0.2, -0.15) is 4.09 Å². The van der Waals surface area contributed by atoms with Crippen LogP contribution in [0, 0.1) is 0 Å². The van der Waals surface area contributed by atoms with E-state index in [0.717, 1.165) is 16.6 Å². The van der Waals surface area contributed by atoms with Crippen molar-refractivity contribution in [1.82, 2.24) is 19.2 Å². The van der Waals surface area contributed by atoms with Crippen molar-refractivity contribution in [3.05, 3.63) is 54.2 Å². The van der Waals surface area contributed by atoms with Gasteiger partial charge in [0.25, 0.3) is 5.91 Å². The molecule has 0 fully saturated rings. The van der Waals surface area contributed by atoms with Crippen molar-refractivity contribution in [2.75, 3.05) is 5.32 Å². The summed E-state index contributed by atoms with van der Waals surface area (Å²) in [5.74, 6) is 0.650. The van der Waals surface area contributed by atoms with Gasteiger partial charge in [-0.3, -0.25) is 4.79 Å². The van der Waals surface area contributed by atoms with Crippen LogP contribution in [0.3, 0.4) is 0 Å². The largest absolute Gasteiger partial charge is 0.312 e. The third-order valence-electron chi connectivity index (χ3n) is 2.76. The molecular weight excluding hydrogens is 318 g/mol. The molecule has 8 heteroatoms. The number of aryl methyl sites for hydroxylation is 1. The van der Waals surface area contributed by atoms with Crippen LogP contribution in [0.25, 0.3) is 0 Å². The van der Waals surface area contributed by atoms with Crippen molar-refractivity contribution >= 4 is 34.2 Å². The van der Waals surface area contributed by atoms with E-state index in [9.17, 15) is 4.79 Å². The third kappa shape index (κ3) is 3.52. The van der Waals surface area contributed by atoms with Crippen molar-refractivity contribution in [2.45, 2.75) is 17.7 Å². The molecule has 0 atom stereocenters. The van der Waals surface area contributed by atoms with Crippen LogP contribution in [0.1, 0.15) is 23.1 Å². The summed E-state index contributed by atoms with van der Waals surface area (Å²) >= 11 is 2.77. The molecule has 0 saturated heterocycles. The van der Waals surface area contributed by atoms with E-state index in [1.54, 1.807) is 28.7 Å². The number of carbonyl (C=O) groups is 1. The van der Waals surface area contributed by atoms with Gasteiger partial charge >= 0.3 is 0 Å². The maximum Gasteiger partial charge on any atom is 0.256 e. The lowest BCUT2D eigenvalue weighted by Gasteiger charge is -2.00. The van der Waals surface area contributed by atoms with Gasteiger partial charge < -0.3 is 5.32 Å². The number of rotatable bonds is 5. The van der Waals surface area contributed by atoms with Gasteiger partial charge in [0.15, 0.2) is 10.2 Å². The molecule has 6 nitrogen and oxygen atoms in total. The van der Waals surface area contributed by atoms with Crippen molar-refractivity contribution in [3.8, 4) is 0 Å². The van der Waals surface area contributed by atoms with Gasteiger partial charge in [0.05, 0.1) is 6.20 Å². The predicted molar refractivity (Wildman–Crippen MR) is 87.2 cm³/mol. The second kappa shape index (κ2) is 6.71. The topological polar surface area (TPSA) is 72.7 Å². The maximum absolute atomic E-state index is 12.1. The van der Waals surface area contributed by atoms with Crippen LogP contribution in [-0.4, -0.2) is 25.1 Å². The van der Waals surface area contributed by atoms with Crippen LogP contribution in [-0.2, 0) is 6.42 Å². The van der Waals surface area contributed by atoms with E-state index >= 15 is 0 Å². The molecule has 2 aromatic heterocycles. The number of nitrogens with one attached hydrogen (secondary N) is 1. The highest BCUT2D eigenvalue weighted by Gasteiger charge is 2.10. The molecule has 112 valence electrons. The average molecular weight is 331 g/mol. The van der Waals surface area contributed by atoms with E-state index in [0.29, 0.717) is 10.6 Å². The highest BCUT2D eigenvalue weighted by atomic mass is 32.2. The Labute approximate surface area is 135 Å². The average Bonchev–Trinajstić information content (AvgIpc) is 3.18. The Balaban J connectivity index is 1.65. The second-order valence-electron chi connectivity index (χ2n) is 4.32. The van der Waals surface area contributed by atoms with E-state index in [1.807, 2.05) is 25.1 Å². The molecule has 2 heterocycles. The molecule has 0 radical (unpaired) electrons. The first-order valence-corrected chi connectivity index (χ1v) is 8.24. The predicted octanol–water partition coefficient (Wildman–Crippen LogP) is 3.10. The molecular formula is C14H13N5OS2. The van der Waals surface area contributed by atoms with Crippen molar-refractivity contribution in [1.29, 1.82) is 0 Å². The molecule has 0 aliphatic rings. The van der Waals surface area contributed by atoms with E-state index in [-0.39, 0.29) is 5.91 Å². The molecule has 1 N–H and O–H groups in total. The molecule has 3 rings (SSSR count). The number of hydrogen-bond donors (Lipinski definition) is 1. The van der Waals surface area contributed by atoms with Crippen molar-refractivity contribution < 1.29 is 4.79 Å². The summed E-state index contributed by atoms with van der Waals surface area (Å²) in [5.41, 5.74) is 0.619. The number of amides is 1. The van der Waals surface area contributed by atoms with Gasteiger partial charge in [-0.15, -0.1) is 5.10 Å². The molecule has 1 aromatic carbocycles. The maximum atomic E-state index is 12.1. The molecule has 22 heavy (non-hydrogen) atoms. The molecule has 0 aliphatic carbocycles. The normalized spacial score (nSPS) is 10.6. The Bertz CT molecular complexity index is 768. The molecule has 1 amide bonds. The highest BCUT2D eigenvalue weighted by Crippen LogP contribution is 2.28. The van der Waals surface area contributed by atoms with E-state index in [1.165, 1.54) is 23.3 Å². The number of benzene rings is 1. The zero-order chi connectivity index (χ0) is 15.4. The first-order chi connectivity index (χ1) is 10.7. The summed E-state index contributed by atoms with van der Waals surface area (Å²) in [6.45, 7) is 2.00. The number of anilines is 1. The lowest BCUT2D eigenvalue weighted by Crippen LogP contribution is -2.10. The number of hydrogen-bond acceptors (Lipinski definition) is 6. The number of carbonyl (C=O) groups excluding carboxylic acids is 1. The van der Waals surface area contributed by atoms with Crippen LogP contribution in [0.2, 0.25) is 0 Å². The number of aromatic nitrogens is 4. The first-order valence-electron chi connectivity index (χ1n) is 6.65. The fourth-order valence-electron chi connectivity index (χ4n) is 1.70. The Hall–Kier alpha value is -2.19. The zero-order valence-corrected chi connectivity index (χ0v) is 13.4. The Morgan fingerprint density at radius 1 is 1.32 bits per heavy atom. The number of nitrogens with zero attached hydrogens (tertiary/aromatic N) is 4. The lowest BCUT2D eigenvalue weighted by atomic mass is 10.2. The summed E-state index contributed by atoms with van der Waals surface area (Å²) in [4.78, 5) is 20.5. The molecule has 0 bridgehead atoms. The van der Waals surface area contributed by atoms with E-state index < -0.39 is 0 Å². The minimum atomic E-state index is -0.144. The first kappa shape index (κ1) is 14.7. The standard InChI is InChI=1S/C14H13N5OS2/c1-2-11-16-9-19(18-11)22-14-15-8-12(21-14)17-13(20)10-6-4-3-5-7-10/h3-9H,2H2,1H3,(H,17,20). The summed E-state index contributed by atoms with van der Waals surface area (Å²) in [7, 11) is 0. The van der Waals surface area contributed by atoms with Crippen LogP contribution < -0.4 is 5.32 Å². The minimum Gasteiger partial charge on any atom is -0.312 e. The summed E-state index contributed by atoms with van der Waals surface area (Å²) < 4.78 is 2.46. The number of thiazole rings is 1. The van der Waals surface area contributed by atoms with E-state index in [4.69, 9.17) is 0 Å². The lowest BCUT2D eigenvalue weighted by molar-refractivity contribution is 0.102. The Morgan fingerprint density at radius 3 is 2.86 bits per heavy atom. The Morgan fingerprint density at radius 2 is 2.14 bits per heavy atom. The Kier molecular flexibility index (Phi) is 4.50. The summed E-state index contributed by atoms with van der Waals surface area (Å²) in [6, 6.07) is 9.08. The monoisotopic (exact) mass is 331 g/mol. The molecule has 0 unspecified atom stereocenters. The SMILES string of the molecule is CCc1ncn(Sc2ncc(NC(=O)c3ccccc3)s2)n1. The van der Waals surface area contributed by atoms with Crippen LogP contribution in [0.5, 0.6) is 0 Å². The molecule has 0 spiro atoms. The summed E-state index contributed by atoms with van der Waals surface area (Å²) in [5, 5.41) is 7.83. The van der Waals surface area contributed by atoms with Crippen molar-refractivity contribution in [2.24, 2.45) is 0 Å². The van der Waals surface area contributed by atoms with Gasteiger partial charge in [-0.25, -0.2) is 9.97 Å². The third-order valence-corrected chi connectivity index (χ3v) is 4.57. The fourth-order valence-corrected chi connectivity index (χ4v) is 3.38. The zero-order valence-electron chi connectivity index (χ0n) is 11.8. The fraction of sp³-hybridized carbons (Fsp3) is 0.143. The van der Waals surface area contributed by atoms with Gasteiger partial charge in [-0.1, -0.05) is 36.5 Å². The smallest absolute Gasteiger partial charge is 0.256 e. The van der Waals surface area contributed by atoms with Crippen LogP contribution in [0.4, 0.5) is 5.00 Å². The van der Waals surface area contributed by atoms with E-state index in [2.05, 4.69) is 20.4 Å². The van der Waals surface area contributed by atoms with Gasteiger partial charge in [0.2, 0.25) is 0 Å². The van der Waals surface area contributed by atoms with Crippen LogP contribution >= 0.6 is 23.3 Å². The highest BCUT2D eigenvalue weighted by molar-refractivity contribution is 7.99. The van der Waals surface area contributed by atoms with Gasteiger partial charge in [-0.05, 0) is 12.1 Å². The van der Waals surface area contributed by atoms with Gasteiger partial charge in [0.1, 0.15) is 11.3 Å². The molecule has 3 aromatic rings. The summed E-state index contributed by atoms with van der Waals surface area (Å²) in [6.07, 6.45) is 4.10. The quantitative estimate of drug-likeness (QED) is 0.778. The molecule has 0 aliphatic heterocycles. The van der Waals surface area contributed by atoms with Gasteiger partial charge in [0, 0.05) is 23.9 Å². The van der Waals surface area contributed by atoms with Crippen LogP contribution in [0.15, 0.2) is 47.2 Å².